The summed E-state index contributed by atoms with van der Waals surface area (Å²) < 4.78 is 0. The molecule has 1 aromatic carbocycles. The van der Waals surface area contributed by atoms with Gasteiger partial charge in [0.2, 0.25) is 0 Å². The maximum atomic E-state index is 12.1. The van der Waals surface area contributed by atoms with Crippen LogP contribution in [0.5, 0.6) is 0 Å². The second-order valence-electron chi connectivity index (χ2n) is 5.51. The predicted octanol–water partition coefficient (Wildman–Crippen LogP) is 4.45. The minimum Gasteiger partial charge on any atom is -0.384 e. The third-order valence-electron chi connectivity index (χ3n) is 3.13. The van der Waals surface area contributed by atoms with Gasteiger partial charge in [-0.05, 0) is 42.7 Å². The number of halogens is 1. The molecular weight excluding hydrogens is 298 g/mol. The molecule has 0 saturated carbocycles. The SMILES string of the molecule is CC(C)CCNc1ccc(C(=O)Nc2cccc(Cl)c2)nc1. The van der Waals surface area contributed by atoms with Crippen LogP contribution in [0, 0.1) is 5.92 Å². The molecule has 0 aliphatic carbocycles. The van der Waals surface area contributed by atoms with Gasteiger partial charge in [0.25, 0.3) is 5.91 Å². The van der Waals surface area contributed by atoms with Crippen LogP contribution in [0.3, 0.4) is 0 Å². The Bertz CT molecular complexity index is 626. The lowest BCUT2D eigenvalue weighted by Gasteiger charge is -2.09. The summed E-state index contributed by atoms with van der Waals surface area (Å²) in [6.45, 7) is 5.26. The van der Waals surface area contributed by atoms with Crippen LogP contribution in [0.2, 0.25) is 5.02 Å². The highest BCUT2D eigenvalue weighted by Gasteiger charge is 2.08. The summed E-state index contributed by atoms with van der Waals surface area (Å²) in [5.74, 6) is 0.402. The lowest BCUT2D eigenvalue weighted by Crippen LogP contribution is -2.14. The zero-order chi connectivity index (χ0) is 15.9. The summed E-state index contributed by atoms with van der Waals surface area (Å²) in [7, 11) is 0. The molecule has 0 spiro atoms. The average Bonchev–Trinajstić information content (AvgIpc) is 2.47. The minimum absolute atomic E-state index is 0.254. The molecule has 1 heterocycles. The fraction of sp³-hybridized carbons (Fsp3) is 0.294. The smallest absolute Gasteiger partial charge is 0.274 e. The van der Waals surface area contributed by atoms with Gasteiger partial charge in [-0.1, -0.05) is 31.5 Å². The van der Waals surface area contributed by atoms with E-state index in [1.807, 2.05) is 6.07 Å². The van der Waals surface area contributed by atoms with E-state index in [1.54, 1.807) is 36.5 Å². The Balaban J connectivity index is 1.93. The van der Waals surface area contributed by atoms with E-state index in [9.17, 15) is 4.79 Å². The summed E-state index contributed by atoms with van der Waals surface area (Å²) in [4.78, 5) is 16.3. The van der Waals surface area contributed by atoms with Crippen molar-refractivity contribution >= 4 is 28.9 Å². The number of nitrogens with one attached hydrogen (secondary N) is 2. The zero-order valence-corrected chi connectivity index (χ0v) is 13.5. The van der Waals surface area contributed by atoms with Crippen molar-refractivity contribution in [2.24, 2.45) is 5.92 Å². The predicted molar refractivity (Wildman–Crippen MR) is 91.6 cm³/mol. The van der Waals surface area contributed by atoms with Gasteiger partial charge in [0.1, 0.15) is 5.69 Å². The lowest BCUT2D eigenvalue weighted by atomic mass is 10.1. The van der Waals surface area contributed by atoms with E-state index in [0.29, 0.717) is 22.3 Å². The van der Waals surface area contributed by atoms with Gasteiger partial charge in [0, 0.05) is 17.3 Å². The van der Waals surface area contributed by atoms with Crippen molar-refractivity contribution in [1.29, 1.82) is 0 Å². The van der Waals surface area contributed by atoms with Crippen molar-refractivity contribution in [3.63, 3.8) is 0 Å². The van der Waals surface area contributed by atoms with Gasteiger partial charge in [-0.25, -0.2) is 4.98 Å². The van der Waals surface area contributed by atoms with Gasteiger partial charge >= 0.3 is 0 Å². The Morgan fingerprint density at radius 1 is 1.23 bits per heavy atom. The number of benzene rings is 1. The molecule has 4 nitrogen and oxygen atoms in total. The fourth-order valence-electron chi connectivity index (χ4n) is 1.90. The Morgan fingerprint density at radius 3 is 2.68 bits per heavy atom. The number of hydrogen-bond donors (Lipinski definition) is 2. The molecule has 22 heavy (non-hydrogen) atoms. The van der Waals surface area contributed by atoms with Crippen LogP contribution in [-0.4, -0.2) is 17.4 Å². The van der Waals surface area contributed by atoms with E-state index in [2.05, 4.69) is 29.5 Å². The highest BCUT2D eigenvalue weighted by molar-refractivity contribution is 6.30. The van der Waals surface area contributed by atoms with Crippen molar-refractivity contribution in [2.45, 2.75) is 20.3 Å². The number of aromatic nitrogens is 1. The number of carbonyl (C=O) groups is 1. The van der Waals surface area contributed by atoms with Crippen molar-refractivity contribution < 1.29 is 4.79 Å². The van der Waals surface area contributed by atoms with Gasteiger partial charge in [-0.2, -0.15) is 0 Å². The Labute approximate surface area is 135 Å². The molecule has 0 radical (unpaired) electrons. The number of amides is 1. The van der Waals surface area contributed by atoms with E-state index in [4.69, 9.17) is 11.6 Å². The van der Waals surface area contributed by atoms with E-state index in [-0.39, 0.29) is 5.91 Å². The van der Waals surface area contributed by atoms with Crippen LogP contribution in [0.4, 0.5) is 11.4 Å². The van der Waals surface area contributed by atoms with Gasteiger partial charge in [0.05, 0.1) is 11.9 Å². The molecule has 0 aliphatic rings. The first-order chi connectivity index (χ1) is 10.5. The Kier molecular flexibility index (Phi) is 5.78. The maximum absolute atomic E-state index is 12.1. The molecule has 2 rings (SSSR count). The molecule has 0 fully saturated rings. The molecule has 0 aliphatic heterocycles. The summed E-state index contributed by atoms with van der Waals surface area (Å²) in [5, 5.41) is 6.64. The zero-order valence-electron chi connectivity index (χ0n) is 12.8. The average molecular weight is 318 g/mol. The first-order valence-corrected chi connectivity index (χ1v) is 7.69. The third-order valence-corrected chi connectivity index (χ3v) is 3.36. The summed E-state index contributed by atoms with van der Waals surface area (Å²) in [6, 6.07) is 10.6. The number of carbonyl (C=O) groups excluding carboxylic acids is 1. The highest BCUT2D eigenvalue weighted by Crippen LogP contribution is 2.16. The second kappa shape index (κ2) is 7.80. The molecular formula is C17H20ClN3O. The molecule has 1 aromatic heterocycles. The van der Waals surface area contributed by atoms with Crippen molar-refractivity contribution in [3.8, 4) is 0 Å². The first kappa shape index (κ1) is 16.3. The van der Waals surface area contributed by atoms with Crippen LogP contribution < -0.4 is 10.6 Å². The molecule has 0 unspecified atom stereocenters. The van der Waals surface area contributed by atoms with Crippen LogP contribution in [0.15, 0.2) is 42.6 Å². The molecule has 5 heteroatoms. The number of rotatable bonds is 6. The van der Waals surface area contributed by atoms with Gasteiger partial charge < -0.3 is 10.6 Å². The number of pyridine rings is 1. The van der Waals surface area contributed by atoms with Crippen LogP contribution >= 0.6 is 11.6 Å². The largest absolute Gasteiger partial charge is 0.384 e. The quantitative estimate of drug-likeness (QED) is 0.827. The normalized spacial score (nSPS) is 10.5. The lowest BCUT2D eigenvalue weighted by molar-refractivity contribution is 0.102. The van der Waals surface area contributed by atoms with Crippen molar-refractivity contribution in [1.82, 2.24) is 4.98 Å². The molecule has 0 saturated heterocycles. The van der Waals surface area contributed by atoms with Crippen LogP contribution in [0.25, 0.3) is 0 Å². The highest BCUT2D eigenvalue weighted by atomic mass is 35.5. The fourth-order valence-corrected chi connectivity index (χ4v) is 2.09. The monoisotopic (exact) mass is 317 g/mol. The second-order valence-corrected chi connectivity index (χ2v) is 5.94. The third kappa shape index (κ3) is 5.04. The molecule has 116 valence electrons. The van der Waals surface area contributed by atoms with E-state index in [1.165, 1.54) is 0 Å². The molecule has 2 N–H and O–H groups in total. The Morgan fingerprint density at radius 2 is 2.05 bits per heavy atom. The molecule has 0 bridgehead atoms. The van der Waals surface area contributed by atoms with Crippen LogP contribution in [-0.2, 0) is 0 Å². The molecule has 2 aromatic rings. The number of anilines is 2. The van der Waals surface area contributed by atoms with Crippen molar-refractivity contribution in [2.75, 3.05) is 17.2 Å². The summed E-state index contributed by atoms with van der Waals surface area (Å²) in [5.41, 5.74) is 1.94. The van der Waals surface area contributed by atoms with E-state index >= 15 is 0 Å². The number of hydrogen-bond acceptors (Lipinski definition) is 3. The maximum Gasteiger partial charge on any atom is 0.274 e. The standard InChI is InChI=1S/C17H20ClN3O/c1-12(2)8-9-19-15-6-7-16(20-11-15)17(22)21-14-5-3-4-13(18)10-14/h3-7,10-12,19H,8-9H2,1-2H3,(H,21,22). The summed E-state index contributed by atoms with van der Waals surface area (Å²) in [6.07, 6.45) is 2.77. The van der Waals surface area contributed by atoms with E-state index in [0.717, 1.165) is 18.7 Å². The molecule has 1 amide bonds. The summed E-state index contributed by atoms with van der Waals surface area (Å²) >= 11 is 5.89. The van der Waals surface area contributed by atoms with Gasteiger partial charge in [0.15, 0.2) is 0 Å². The van der Waals surface area contributed by atoms with Crippen molar-refractivity contribution in [3.05, 3.63) is 53.3 Å². The van der Waals surface area contributed by atoms with Gasteiger partial charge in [-0.3, -0.25) is 4.79 Å². The Hall–Kier alpha value is -2.07. The number of nitrogens with zero attached hydrogens (tertiary/aromatic N) is 1. The van der Waals surface area contributed by atoms with E-state index < -0.39 is 0 Å². The topological polar surface area (TPSA) is 54.0 Å². The van der Waals surface area contributed by atoms with Gasteiger partial charge in [-0.15, -0.1) is 0 Å². The van der Waals surface area contributed by atoms with Crippen LogP contribution in [0.1, 0.15) is 30.8 Å². The minimum atomic E-state index is -0.254. The molecule has 0 atom stereocenters. The first-order valence-electron chi connectivity index (χ1n) is 7.31.